The minimum Gasteiger partial charge on any atom is -0.478 e. The Morgan fingerprint density at radius 3 is 1.84 bits per heavy atom. The number of aromatic carboxylic acids is 1. The van der Waals surface area contributed by atoms with E-state index in [9.17, 15) is 45.0 Å². The Balaban J connectivity index is 2.46. The van der Waals surface area contributed by atoms with Gasteiger partial charge in [0.25, 0.3) is 0 Å². The second-order valence-corrected chi connectivity index (χ2v) is 8.10. The van der Waals surface area contributed by atoms with Crippen molar-refractivity contribution in [2.24, 2.45) is 0 Å². The van der Waals surface area contributed by atoms with E-state index in [1.165, 1.54) is 6.07 Å². The van der Waals surface area contributed by atoms with Crippen molar-refractivity contribution >= 4 is 55.9 Å². The summed E-state index contributed by atoms with van der Waals surface area (Å²) in [5, 5.41) is 11.5. The van der Waals surface area contributed by atoms with Gasteiger partial charge in [-0.3, -0.25) is 0 Å². The van der Waals surface area contributed by atoms with Crippen LogP contribution in [0.4, 0.5) is 46.5 Å². The molecule has 0 saturated carbocycles. The molecular formula is C19H5BrF8INO2. The summed E-state index contributed by atoms with van der Waals surface area (Å²) >= 11 is 4.14. The number of hydrogen-bond donors (Lipinski definition) is 2. The molecule has 3 nitrogen and oxygen atoms in total. The van der Waals surface area contributed by atoms with E-state index in [-0.39, 0.29) is 0 Å². The summed E-state index contributed by atoms with van der Waals surface area (Å²) < 4.78 is 112. The maximum Gasteiger partial charge on any atom is 0.338 e. The Labute approximate surface area is 195 Å². The molecule has 0 aliphatic heterocycles. The average Bonchev–Trinajstić information content (AvgIpc) is 2.73. The number of carboxylic acid groups (broad SMARTS) is 1. The van der Waals surface area contributed by atoms with Gasteiger partial charge < -0.3 is 10.4 Å². The zero-order valence-corrected chi connectivity index (χ0v) is 18.6. The molecule has 0 radical (unpaired) electrons. The number of hydrogen-bond acceptors (Lipinski definition) is 2. The zero-order chi connectivity index (χ0) is 24.1. The Morgan fingerprint density at radius 1 is 0.812 bits per heavy atom. The van der Waals surface area contributed by atoms with Crippen LogP contribution < -0.4 is 5.32 Å². The molecule has 0 unspecified atom stereocenters. The number of nitrogens with one attached hydrogen (secondary N) is 1. The average molecular weight is 638 g/mol. The Morgan fingerprint density at radius 2 is 1.34 bits per heavy atom. The molecule has 0 spiro atoms. The number of benzene rings is 3. The zero-order valence-electron chi connectivity index (χ0n) is 14.9. The third-order valence-electron chi connectivity index (χ3n) is 4.19. The van der Waals surface area contributed by atoms with Gasteiger partial charge in [-0.1, -0.05) is 0 Å². The summed E-state index contributed by atoms with van der Waals surface area (Å²) in [7, 11) is 0. The molecule has 13 heteroatoms. The fourth-order valence-corrected chi connectivity index (χ4v) is 3.80. The largest absolute Gasteiger partial charge is 0.478 e. The molecule has 168 valence electrons. The topological polar surface area (TPSA) is 49.3 Å². The molecule has 3 aromatic rings. The molecule has 2 N–H and O–H groups in total. The normalized spacial score (nSPS) is 11.1. The first-order valence-corrected chi connectivity index (χ1v) is 9.93. The predicted octanol–water partition coefficient (Wildman–Crippen LogP) is 7.28. The molecular weight excluding hydrogens is 633 g/mol. The van der Waals surface area contributed by atoms with Gasteiger partial charge in [-0.25, -0.2) is 39.9 Å². The maximum atomic E-state index is 14.6. The Hall–Kier alpha value is -2.42. The highest BCUT2D eigenvalue weighted by molar-refractivity contribution is 14.1. The van der Waals surface area contributed by atoms with Crippen LogP contribution in [0.15, 0.2) is 22.7 Å². The van der Waals surface area contributed by atoms with Gasteiger partial charge in [0.05, 0.1) is 27.0 Å². The van der Waals surface area contributed by atoms with Gasteiger partial charge >= 0.3 is 5.97 Å². The molecule has 32 heavy (non-hydrogen) atoms. The molecule has 0 atom stereocenters. The summed E-state index contributed by atoms with van der Waals surface area (Å²) in [4.78, 5) is 11.9. The van der Waals surface area contributed by atoms with Crippen molar-refractivity contribution in [3.8, 4) is 11.1 Å². The first-order valence-electron chi connectivity index (χ1n) is 8.06. The van der Waals surface area contributed by atoms with Crippen LogP contribution >= 0.6 is 38.5 Å². The first-order chi connectivity index (χ1) is 14.9. The van der Waals surface area contributed by atoms with E-state index in [4.69, 9.17) is 0 Å². The van der Waals surface area contributed by atoms with E-state index in [2.05, 4.69) is 15.9 Å². The van der Waals surface area contributed by atoms with Gasteiger partial charge in [-0.15, -0.1) is 0 Å². The molecule has 0 amide bonds. The van der Waals surface area contributed by atoms with Crippen LogP contribution in [0.2, 0.25) is 0 Å². The van der Waals surface area contributed by atoms with Gasteiger partial charge in [0.2, 0.25) is 5.82 Å². The molecule has 0 saturated heterocycles. The lowest BCUT2D eigenvalue weighted by molar-refractivity contribution is 0.0698. The molecule has 0 aliphatic carbocycles. The second kappa shape index (κ2) is 8.84. The number of carbonyl (C=O) groups is 1. The number of anilines is 2. The fourth-order valence-electron chi connectivity index (χ4n) is 2.78. The molecule has 0 bridgehead atoms. The molecule has 0 fully saturated rings. The SMILES string of the molecule is O=C(O)c1c(Nc2ccc(I)cc2F)c(F)c(F)c(Br)c1-c1c(F)c(F)c(F)c(F)c1F. The highest BCUT2D eigenvalue weighted by atomic mass is 127. The van der Waals surface area contributed by atoms with Crippen molar-refractivity contribution in [2.75, 3.05) is 5.32 Å². The van der Waals surface area contributed by atoms with Crippen molar-refractivity contribution in [2.45, 2.75) is 0 Å². The monoisotopic (exact) mass is 637 g/mol. The molecule has 0 heterocycles. The third-order valence-corrected chi connectivity index (χ3v) is 5.60. The van der Waals surface area contributed by atoms with Crippen molar-refractivity contribution in [1.29, 1.82) is 0 Å². The summed E-state index contributed by atoms with van der Waals surface area (Å²) in [6, 6.07) is 3.28. The quantitative estimate of drug-likeness (QED) is 0.137. The predicted molar refractivity (Wildman–Crippen MR) is 109 cm³/mol. The maximum absolute atomic E-state index is 14.6. The Kier molecular flexibility index (Phi) is 6.70. The lowest BCUT2D eigenvalue weighted by atomic mass is 9.95. The lowest BCUT2D eigenvalue weighted by Crippen LogP contribution is -2.13. The third kappa shape index (κ3) is 3.91. The summed E-state index contributed by atoms with van der Waals surface area (Å²) in [6.07, 6.45) is 0. The van der Waals surface area contributed by atoms with Crippen LogP contribution in [-0.2, 0) is 0 Å². The van der Waals surface area contributed by atoms with E-state index >= 15 is 0 Å². The van der Waals surface area contributed by atoms with Gasteiger partial charge in [-0.05, 0) is 56.7 Å². The van der Waals surface area contributed by atoms with Crippen LogP contribution in [0.5, 0.6) is 0 Å². The smallest absolute Gasteiger partial charge is 0.338 e. The summed E-state index contributed by atoms with van der Waals surface area (Å²) in [5.41, 5.74) is -6.50. The van der Waals surface area contributed by atoms with Gasteiger partial charge in [-0.2, -0.15) is 0 Å². The minimum absolute atomic E-state index is 0.383. The molecule has 0 aromatic heterocycles. The molecule has 0 aliphatic rings. The van der Waals surface area contributed by atoms with Crippen LogP contribution in [0.3, 0.4) is 0 Å². The van der Waals surface area contributed by atoms with Crippen LogP contribution in [0.25, 0.3) is 11.1 Å². The lowest BCUT2D eigenvalue weighted by Gasteiger charge is -2.19. The van der Waals surface area contributed by atoms with Crippen LogP contribution in [0, 0.1) is 50.1 Å². The van der Waals surface area contributed by atoms with Gasteiger partial charge in [0, 0.05) is 9.13 Å². The van der Waals surface area contributed by atoms with Crippen molar-refractivity contribution in [3.05, 3.63) is 78.3 Å². The number of halogens is 10. The second-order valence-electron chi connectivity index (χ2n) is 6.07. The van der Waals surface area contributed by atoms with Crippen LogP contribution in [-0.4, -0.2) is 11.1 Å². The van der Waals surface area contributed by atoms with Crippen molar-refractivity contribution < 1.29 is 45.0 Å². The van der Waals surface area contributed by atoms with E-state index < -0.39 is 85.0 Å². The van der Waals surface area contributed by atoms with E-state index in [0.29, 0.717) is 3.57 Å². The van der Waals surface area contributed by atoms with Gasteiger partial charge in [0.1, 0.15) is 5.82 Å². The van der Waals surface area contributed by atoms with Crippen LogP contribution in [0.1, 0.15) is 10.4 Å². The molecule has 3 aromatic carbocycles. The number of rotatable bonds is 4. The van der Waals surface area contributed by atoms with E-state index in [0.717, 1.165) is 12.1 Å². The number of carboxylic acids is 1. The standard InChI is InChI=1S/C19H5BrF8INO2/c20-10-7(8-11(22)14(25)16(27)15(26)12(8)23)9(19(31)32)18(17(28)13(10)24)30-6-2-1-4(29)3-5(6)21/h1-3,30H,(H,31,32). The van der Waals surface area contributed by atoms with Crippen molar-refractivity contribution in [1.82, 2.24) is 0 Å². The van der Waals surface area contributed by atoms with Crippen molar-refractivity contribution in [3.63, 3.8) is 0 Å². The summed E-state index contributed by atoms with van der Waals surface area (Å²) in [5.74, 6) is -19.4. The summed E-state index contributed by atoms with van der Waals surface area (Å²) in [6.45, 7) is 0. The van der Waals surface area contributed by atoms with E-state index in [1.807, 2.05) is 5.32 Å². The van der Waals surface area contributed by atoms with E-state index in [1.54, 1.807) is 22.6 Å². The highest BCUT2D eigenvalue weighted by Gasteiger charge is 2.35. The fraction of sp³-hybridized carbons (Fsp3) is 0. The molecule has 3 rings (SSSR count). The Bertz CT molecular complexity index is 1270. The minimum atomic E-state index is -2.54. The first kappa shape index (κ1) is 24.2. The van der Waals surface area contributed by atoms with Gasteiger partial charge in [0.15, 0.2) is 34.9 Å². The highest BCUT2D eigenvalue weighted by Crippen LogP contribution is 2.44.